The fourth-order valence-corrected chi connectivity index (χ4v) is 4.13. The van der Waals surface area contributed by atoms with E-state index in [2.05, 4.69) is 51.6 Å². The lowest BCUT2D eigenvalue weighted by atomic mass is 10.1. The zero-order valence-corrected chi connectivity index (χ0v) is 15.0. The molecule has 4 rings (SSSR count). The van der Waals surface area contributed by atoms with Crippen molar-refractivity contribution in [2.45, 2.75) is 11.9 Å². The molecule has 24 heavy (non-hydrogen) atoms. The molecule has 118 valence electrons. The van der Waals surface area contributed by atoms with Crippen LogP contribution in [0, 0.1) is 6.92 Å². The predicted octanol–water partition coefficient (Wildman–Crippen LogP) is 5.45. The number of nitrogens with zero attached hydrogens (tertiary/aromatic N) is 3. The van der Waals surface area contributed by atoms with Crippen molar-refractivity contribution >= 4 is 33.9 Å². The first kappa shape index (κ1) is 15.3. The summed E-state index contributed by atoms with van der Waals surface area (Å²) >= 11 is 3.33. The van der Waals surface area contributed by atoms with Gasteiger partial charge in [-0.05, 0) is 36.9 Å². The van der Waals surface area contributed by atoms with E-state index in [1.165, 1.54) is 5.56 Å². The lowest BCUT2D eigenvalue weighted by Gasteiger charge is -2.06. The van der Waals surface area contributed by atoms with E-state index in [0.29, 0.717) is 0 Å². The van der Waals surface area contributed by atoms with Crippen LogP contribution in [0.1, 0.15) is 5.56 Å². The largest absolute Gasteiger partial charge is 0.255 e. The van der Waals surface area contributed by atoms with Gasteiger partial charge in [-0.1, -0.05) is 30.3 Å². The summed E-state index contributed by atoms with van der Waals surface area (Å²) in [6.07, 6.45) is 3.93. The quantitative estimate of drug-likeness (QED) is 0.461. The molecular weight excluding hydrogens is 334 g/mol. The minimum absolute atomic E-state index is 0.937. The first-order chi connectivity index (χ1) is 11.8. The molecule has 0 saturated carbocycles. The van der Waals surface area contributed by atoms with E-state index in [-0.39, 0.29) is 0 Å². The van der Waals surface area contributed by atoms with Crippen molar-refractivity contribution in [3.8, 4) is 21.1 Å². The summed E-state index contributed by atoms with van der Waals surface area (Å²) in [6.45, 7) is 2.05. The van der Waals surface area contributed by atoms with Crippen LogP contribution in [0.2, 0.25) is 0 Å². The summed E-state index contributed by atoms with van der Waals surface area (Å²) in [5.41, 5.74) is 3.10. The topological polar surface area (TPSA) is 38.7 Å². The molecule has 0 atom stereocenters. The molecule has 0 saturated heterocycles. The minimum atomic E-state index is 0.937. The van der Waals surface area contributed by atoms with Crippen LogP contribution in [-0.4, -0.2) is 21.4 Å². The number of fused-ring (bicyclic) bond motifs is 1. The fraction of sp³-hybridized carbons (Fsp3) is 0.105. The molecule has 0 aliphatic carbocycles. The summed E-state index contributed by atoms with van der Waals surface area (Å²) in [5.74, 6) is 0. The highest BCUT2D eigenvalue weighted by atomic mass is 32.2. The van der Waals surface area contributed by atoms with E-state index in [9.17, 15) is 0 Å². The highest BCUT2D eigenvalue weighted by Gasteiger charge is 2.13. The predicted molar refractivity (Wildman–Crippen MR) is 103 cm³/mol. The third-order valence-electron chi connectivity index (χ3n) is 3.85. The van der Waals surface area contributed by atoms with Crippen LogP contribution in [0.5, 0.6) is 0 Å². The van der Waals surface area contributed by atoms with E-state index >= 15 is 0 Å². The van der Waals surface area contributed by atoms with E-state index in [1.54, 1.807) is 23.1 Å². The maximum Gasteiger partial charge on any atom is 0.126 e. The molecule has 3 aromatic heterocycles. The van der Waals surface area contributed by atoms with Crippen molar-refractivity contribution in [2.75, 3.05) is 6.26 Å². The normalized spacial score (nSPS) is 11.1. The molecule has 3 heterocycles. The van der Waals surface area contributed by atoms with E-state index in [4.69, 9.17) is 0 Å². The zero-order valence-electron chi connectivity index (χ0n) is 13.4. The van der Waals surface area contributed by atoms with Crippen LogP contribution in [-0.2, 0) is 0 Å². The molecule has 0 aliphatic rings. The molecule has 4 aromatic rings. The highest BCUT2D eigenvalue weighted by molar-refractivity contribution is 7.98. The van der Waals surface area contributed by atoms with Crippen LogP contribution in [0.4, 0.5) is 0 Å². The summed E-state index contributed by atoms with van der Waals surface area (Å²) in [7, 11) is 0. The number of aryl methyl sites for hydroxylation is 1. The molecular formula is C19H15N3S2. The molecule has 0 radical (unpaired) electrons. The van der Waals surface area contributed by atoms with Gasteiger partial charge in [0.25, 0.3) is 0 Å². The van der Waals surface area contributed by atoms with Gasteiger partial charge in [-0.2, -0.15) is 0 Å². The summed E-state index contributed by atoms with van der Waals surface area (Å²) in [5, 5.41) is 12.1. The molecule has 0 aliphatic heterocycles. The SMILES string of the molecule is CSc1nnc(-c2ccc(-c3ccc(C)cn3)s2)c2ccccc12. The maximum atomic E-state index is 4.52. The molecule has 0 N–H and O–H groups in total. The van der Waals surface area contributed by atoms with Gasteiger partial charge in [0, 0.05) is 17.0 Å². The molecule has 0 bridgehead atoms. The number of hydrogen-bond donors (Lipinski definition) is 0. The second-order valence-electron chi connectivity index (χ2n) is 5.49. The number of thiophene rings is 1. The van der Waals surface area contributed by atoms with Crippen molar-refractivity contribution in [2.24, 2.45) is 0 Å². The van der Waals surface area contributed by atoms with Crippen molar-refractivity contribution in [1.29, 1.82) is 0 Å². The van der Waals surface area contributed by atoms with Gasteiger partial charge in [0.1, 0.15) is 10.7 Å². The van der Waals surface area contributed by atoms with Gasteiger partial charge in [-0.15, -0.1) is 33.3 Å². The number of pyridine rings is 1. The number of thioether (sulfide) groups is 1. The fourth-order valence-electron chi connectivity index (χ4n) is 2.63. The second kappa shape index (κ2) is 6.34. The van der Waals surface area contributed by atoms with Gasteiger partial charge in [0.05, 0.1) is 15.4 Å². The van der Waals surface area contributed by atoms with Crippen molar-refractivity contribution in [3.63, 3.8) is 0 Å². The van der Waals surface area contributed by atoms with Gasteiger partial charge < -0.3 is 0 Å². The number of hydrogen-bond acceptors (Lipinski definition) is 5. The molecule has 0 amide bonds. The average molecular weight is 349 g/mol. The lowest BCUT2D eigenvalue weighted by Crippen LogP contribution is -1.91. The Morgan fingerprint density at radius 3 is 2.42 bits per heavy atom. The average Bonchev–Trinajstić information content (AvgIpc) is 3.11. The number of aromatic nitrogens is 3. The smallest absolute Gasteiger partial charge is 0.126 e. The molecule has 0 spiro atoms. The first-order valence-corrected chi connectivity index (χ1v) is 9.63. The van der Waals surface area contributed by atoms with Crippen molar-refractivity contribution in [1.82, 2.24) is 15.2 Å². The Balaban J connectivity index is 1.83. The summed E-state index contributed by atoms with van der Waals surface area (Å²) in [4.78, 5) is 6.77. The standard InChI is InChI=1S/C19H15N3S2/c1-12-7-8-15(20-11-12)16-9-10-17(24-16)18-13-5-3-4-6-14(13)19(23-2)22-21-18/h3-11H,1-2H3. The maximum absolute atomic E-state index is 4.52. The Bertz CT molecular complexity index is 1010. The van der Waals surface area contributed by atoms with Crippen LogP contribution < -0.4 is 0 Å². The molecule has 5 heteroatoms. The van der Waals surface area contributed by atoms with E-state index < -0.39 is 0 Å². The monoisotopic (exact) mass is 349 g/mol. The van der Waals surface area contributed by atoms with Crippen LogP contribution >= 0.6 is 23.1 Å². The minimum Gasteiger partial charge on any atom is -0.255 e. The molecule has 0 unspecified atom stereocenters. The summed E-state index contributed by atoms with van der Waals surface area (Å²) in [6, 6.07) is 16.7. The zero-order chi connectivity index (χ0) is 16.5. The van der Waals surface area contributed by atoms with Gasteiger partial charge >= 0.3 is 0 Å². The lowest BCUT2D eigenvalue weighted by molar-refractivity contribution is 0.965. The molecule has 1 aromatic carbocycles. The van der Waals surface area contributed by atoms with Gasteiger partial charge in [0.15, 0.2) is 0 Å². The Morgan fingerprint density at radius 2 is 1.67 bits per heavy atom. The Hall–Kier alpha value is -2.24. The molecule has 3 nitrogen and oxygen atoms in total. The first-order valence-electron chi connectivity index (χ1n) is 7.59. The van der Waals surface area contributed by atoms with Gasteiger partial charge in [0.2, 0.25) is 0 Å². The Kier molecular flexibility index (Phi) is 4.04. The Labute approximate surface area is 148 Å². The highest BCUT2D eigenvalue weighted by Crippen LogP contribution is 2.37. The second-order valence-corrected chi connectivity index (χ2v) is 7.37. The Morgan fingerprint density at radius 1 is 0.875 bits per heavy atom. The van der Waals surface area contributed by atoms with E-state index in [1.807, 2.05) is 31.5 Å². The van der Waals surface area contributed by atoms with Crippen LogP contribution in [0.3, 0.4) is 0 Å². The third-order valence-corrected chi connectivity index (χ3v) is 5.65. The molecule has 0 fully saturated rings. The van der Waals surface area contributed by atoms with Crippen molar-refractivity contribution < 1.29 is 0 Å². The number of benzene rings is 1. The van der Waals surface area contributed by atoms with Crippen LogP contribution in [0.25, 0.3) is 31.9 Å². The summed E-state index contributed by atoms with van der Waals surface area (Å²) < 4.78 is 0. The van der Waals surface area contributed by atoms with Gasteiger partial charge in [-0.3, -0.25) is 4.98 Å². The van der Waals surface area contributed by atoms with Gasteiger partial charge in [-0.25, -0.2) is 0 Å². The number of rotatable bonds is 3. The van der Waals surface area contributed by atoms with Crippen LogP contribution in [0.15, 0.2) is 59.8 Å². The third kappa shape index (κ3) is 2.70. The van der Waals surface area contributed by atoms with E-state index in [0.717, 1.165) is 36.9 Å². The van der Waals surface area contributed by atoms with Crippen molar-refractivity contribution in [3.05, 3.63) is 60.3 Å².